The van der Waals surface area contributed by atoms with Crippen molar-refractivity contribution in [2.45, 2.75) is 57.5 Å². The van der Waals surface area contributed by atoms with Crippen LogP contribution in [0.15, 0.2) is 24.3 Å². The van der Waals surface area contributed by atoms with Crippen LogP contribution in [0.4, 0.5) is 5.82 Å². The van der Waals surface area contributed by atoms with Crippen molar-refractivity contribution in [1.29, 1.82) is 5.26 Å². The molecule has 0 spiro atoms. The van der Waals surface area contributed by atoms with Gasteiger partial charge < -0.3 is 29.5 Å². The number of carboxylic acids is 1. The van der Waals surface area contributed by atoms with Crippen LogP contribution < -0.4 is 34.4 Å². The first-order chi connectivity index (χ1) is 15.4. The van der Waals surface area contributed by atoms with Crippen LogP contribution in [-0.2, 0) is 9.16 Å². The number of ether oxygens (including phenoxy) is 2. The molecular weight excluding hydrogens is 447 g/mol. The molecule has 1 aliphatic heterocycles. The largest absolute Gasteiger partial charge is 1.00 e. The van der Waals surface area contributed by atoms with E-state index in [0.717, 1.165) is 0 Å². The van der Waals surface area contributed by atoms with E-state index in [-0.39, 0.29) is 47.5 Å². The number of carboxylic acid groups (broad SMARTS) is 1. The normalized spacial score (nSPS) is 18.1. The monoisotopic (exact) mass is 476 g/mol. The molecule has 2 N–H and O–H groups in total. The van der Waals surface area contributed by atoms with Gasteiger partial charge in [-0.2, -0.15) is 10.2 Å². The second-order valence-electron chi connectivity index (χ2n) is 9.52. The van der Waals surface area contributed by atoms with Crippen molar-refractivity contribution in [1.82, 2.24) is 9.97 Å². The molecule has 176 valence electrons. The fourth-order valence-electron chi connectivity index (χ4n) is 3.16. The van der Waals surface area contributed by atoms with E-state index < -0.39 is 26.0 Å². The molecule has 34 heavy (non-hydrogen) atoms. The fraction of sp³-hybridized carbons (Fsp3) is 0.478. The van der Waals surface area contributed by atoms with Crippen molar-refractivity contribution >= 4 is 20.1 Å². The number of aromatic nitrogens is 2. The van der Waals surface area contributed by atoms with Crippen LogP contribution >= 0.6 is 0 Å². The zero-order valence-corrected chi connectivity index (χ0v) is 21.5. The minimum atomic E-state index is -2.01. The number of hydrogen-bond donors (Lipinski definition) is 1. The van der Waals surface area contributed by atoms with Crippen LogP contribution in [0.5, 0.6) is 5.88 Å². The first kappa shape index (κ1) is 27.8. The maximum absolute atomic E-state index is 11.8. The van der Waals surface area contributed by atoms with Crippen LogP contribution in [-0.4, -0.2) is 49.7 Å². The topological polar surface area (TPSA) is 143 Å². The van der Waals surface area contributed by atoms with Crippen LogP contribution in [0, 0.1) is 11.3 Å². The summed E-state index contributed by atoms with van der Waals surface area (Å²) in [4.78, 5) is 20.2. The van der Waals surface area contributed by atoms with Gasteiger partial charge in [-0.3, -0.25) is 0 Å². The van der Waals surface area contributed by atoms with Gasteiger partial charge in [-0.25, -0.2) is 4.98 Å². The van der Waals surface area contributed by atoms with Gasteiger partial charge in [0, 0.05) is 12.0 Å². The number of hydrogen-bond acceptors (Lipinski definition) is 9. The third-order valence-corrected chi connectivity index (χ3v) is 10.7. The summed E-state index contributed by atoms with van der Waals surface area (Å²) < 4.78 is 18.1. The molecule has 1 saturated heterocycles. The van der Waals surface area contributed by atoms with Gasteiger partial charge in [0.25, 0.3) is 0 Å². The van der Waals surface area contributed by atoms with E-state index in [4.69, 9.17) is 24.9 Å². The molecule has 0 amide bonds. The number of nitriles is 1. The van der Waals surface area contributed by atoms with Gasteiger partial charge in [-0.1, -0.05) is 32.9 Å². The Kier molecular flexibility index (Phi) is 8.92. The number of nitrogens with two attached hydrogens (primary N) is 1. The Hall–Kier alpha value is -2.41. The fourth-order valence-corrected chi connectivity index (χ4v) is 4.17. The van der Waals surface area contributed by atoms with Gasteiger partial charge in [-0.05, 0) is 30.3 Å². The minimum absolute atomic E-state index is 0. The molecule has 1 aromatic carbocycles. The molecule has 0 bridgehead atoms. The third kappa shape index (κ3) is 6.18. The molecule has 2 heterocycles. The molecule has 1 aliphatic rings. The predicted molar refractivity (Wildman–Crippen MR) is 123 cm³/mol. The summed E-state index contributed by atoms with van der Waals surface area (Å²) in [6.07, 6.45) is -0.308. The number of carbonyl (C=O) groups excluding carboxylic acids is 1. The predicted octanol–water partition coefficient (Wildman–Crippen LogP) is -0.477. The molecule has 0 unspecified atom stereocenters. The Morgan fingerprint density at radius 2 is 2.06 bits per heavy atom. The molecule has 0 radical (unpaired) electrons. The second kappa shape index (κ2) is 10.9. The molecular formula is C23H29LiN4O5Si. The van der Waals surface area contributed by atoms with Crippen molar-refractivity contribution in [3.63, 3.8) is 0 Å². The number of anilines is 1. The molecule has 0 saturated carbocycles. The van der Waals surface area contributed by atoms with Crippen LogP contribution in [0.25, 0.3) is 11.4 Å². The van der Waals surface area contributed by atoms with Gasteiger partial charge in [-0.15, -0.1) is 0 Å². The average Bonchev–Trinajstić information content (AvgIpc) is 3.17. The molecule has 1 aromatic heterocycles. The Bertz CT molecular complexity index is 1080. The van der Waals surface area contributed by atoms with E-state index >= 15 is 0 Å². The summed E-state index contributed by atoms with van der Waals surface area (Å²) in [5, 5.41) is 21.0. The Morgan fingerprint density at radius 1 is 1.35 bits per heavy atom. The van der Waals surface area contributed by atoms with Gasteiger partial charge in [0.1, 0.15) is 23.6 Å². The van der Waals surface area contributed by atoms with E-state index in [9.17, 15) is 9.90 Å². The van der Waals surface area contributed by atoms with E-state index in [1.165, 1.54) is 0 Å². The van der Waals surface area contributed by atoms with Crippen LogP contribution in [0.3, 0.4) is 0 Å². The van der Waals surface area contributed by atoms with E-state index in [1.54, 1.807) is 24.3 Å². The molecule has 2 aromatic rings. The summed E-state index contributed by atoms with van der Waals surface area (Å²) in [6.45, 7) is 11.6. The Morgan fingerprint density at radius 3 is 2.68 bits per heavy atom. The summed E-state index contributed by atoms with van der Waals surface area (Å²) in [5.41, 5.74) is 6.45. The number of carbonyl (C=O) groups is 1. The molecule has 0 aliphatic carbocycles. The SMILES string of the molecule is CC(C)(C)[Si](C)(C)OC[C@H]1OCC[C@@H]1Oc1nc(-c2cccc(C#N)c2)nc(N)c1C(=O)[O-].[Li+]. The van der Waals surface area contributed by atoms with Gasteiger partial charge >= 0.3 is 18.9 Å². The van der Waals surface area contributed by atoms with Crippen molar-refractivity contribution in [3.05, 3.63) is 35.4 Å². The maximum atomic E-state index is 11.8. The molecule has 3 rings (SSSR count). The number of nitrogens with zero attached hydrogens (tertiary/aromatic N) is 3. The van der Waals surface area contributed by atoms with Crippen LogP contribution in [0.2, 0.25) is 18.1 Å². The number of rotatable bonds is 7. The van der Waals surface area contributed by atoms with Crippen molar-refractivity contribution in [2.24, 2.45) is 0 Å². The van der Waals surface area contributed by atoms with Crippen LogP contribution in [0.1, 0.15) is 43.1 Å². The maximum Gasteiger partial charge on any atom is 1.00 e. The molecule has 2 atom stereocenters. The van der Waals surface area contributed by atoms with Gasteiger partial charge in [0.15, 0.2) is 14.1 Å². The van der Waals surface area contributed by atoms with E-state index in [2.05, 4.69) is 43.8 Å². The summed E-state index contributed by atoms with van der Waals surface area (Å²) in [5.74, 6) is -1.84. The number of aromatic carboxylic acids is 1. The number of benzene rings is 1. The molecule has 1 fully saturated rings. The van der Waals surface area contributed by atoms with Crippen molar-refractivity contribution in [2.75, 3.05) is 18.9 Å². The van der Waals surface area contributed by atoms with E-state index in [0.29, 0.717) is 30.8 Å². The molecule has 11 heteroatoms. The Labute approximate surface area is 212 Å². The first-order valence-electron chi connectivity index (χ1n) is 10.7. The standard InChI is InChI=1S/C23H30N4O5Si.Li/c1-23(2,3)33(4,5)31-13-17-16(9-10-30-17)32-21-18(22(28)29)19(25)26-20(27-21)15-8-6-7-14(11-15)12-24;/h6-8,11,16-17H,9-10,13H2,1-5H3,(H,28,29)(H2,25,26,27);/q;+1/p-1/t16-,17+;/m0./s1. The first-order valence-corrected chi connectivity index (χ1v) is 13.7. The average molecular weight is 477 g/mol. The quantitative estimate of drug-likeness (QED) is 0.524. The van der Waals surface area contributed by atoms with Crippen molar-refractivity contribution in [3.8, 4) is 23.3 Å². The van der Waals surface area contributed by atoms with E-state index in [1.807, 2.05) is 6.07 Å². The summed E-state index contributed by atoms with van der Waals surface area (Å²) in [7, 11) is -2.01. The number of nitrogen functional groups attached to an aromatic ring is 1. The smallest absolute Gasteiger partial charge is 0.544 e. The van der Waals surface area contributed by atoms with Gasteiger partial charge in [0.2, 0.25) is 5.88 Å². The third-order valence-electron chi connectivity index (χ3n) is 6.18. The van der Waals surface area contributed by atoms with Crippen molar-refractivity contribution < 1.29 is 42.7 Å². The zero-order chi connectivity index (χ0) is 24.4. The second-order valence-corrected chi connectivity index (χ2v) is 14.3. The summed E-state index contributed by atoms with van der Waals surface area (Å²) >= 11 is 0. The molecule has 9 nitrogen and oxygen atoms in total. The zero-order valence-electron chi connectivity index (χ0n) is 20.5. The Balaban J connectivity index is 0.00000408. The van der Waals surface area contributed by atoms with Gasteiger partial charge in [0.05, 0.1) is 30.8 Å². The minimum Gasteiger partial charge on any atom is -0.544 e. The summed E-state index contributed by atoms with van der Waals surface area (Å²) in [6, 6.07) is 8.66.